The fourth-order valence-electron chi connectivity index (χ4n) is 5.50. The second-order valence-corrected chi connectivity index (χ2v) is 11.0. The van der Waals surface area contributed by atoms with Gasteiger partial charge in [-0.05, 0) is 18.4 Å². The number of aromatic nitrogens is 3. The monoisotopic (exact) mass is 585 g/mol. The molecule has 1 aromatic carbocycles. The number of benzene rings is 1. The Morgan fingerprint density at radius 1 is 1.05 bits per heavy atom. The van der Waals surface area contributed by atoms with Gasteiger partial charge >= 0.3 is 0 Å². The van der Waals surface area contributed by atoms with Gasteiger partial charge in [0.25, 0.3) is 0 Å². The number of nitrogens with zero attached hydrogens (tertiary/aromatic N) is 4. The molecule has 5 rings (SSSR count). The Morgan fingerprint density at radius 3 is 2.60 bits per heavy atom. The zero-order valence-corrected chi connectivity index (χ0v) is 23.4. The third-order valence-electron chi connectivity index (χ3n) is 7.88. The average molecular weight is 586 g/mol. The van der Waals surface area contributed by atoms with Crippen molar-refractivity contribution in [1.29, 1.82) is 0 Å². The van der Waals surface area contributed by atoms with Crippen LogP contribution in [-0.2, 0) is 36.8 Å². The first kappa shape index (κ1) is 30.0. The van der Waals surface area contributed by atoms with E-state index in [-0.39, 0.29) is 38.5 Å². The highest BCUT2D eigenvalue weighted by Gasteiger charge is 2.44. The number of hydrogen-bond acceptors (Lipinski definition) is 10. The Balaban J connectivity index is 1.28. The zero-order valence-electron chi connectivity index (χ0n) is 23.4. The predicted molar refractivity (Wildman–Crippen MR) is 148 cm³/mol. The number of hydrogen-bond donors (Lipinski definition) is 5. The van der Waals surface area contributed by atoms with Crippen LogP contribution >= 0.6 is 0 Å². The lowest BCUT2D eigenvalue weighted by Gasteiger charge is -2.28. The van der Waals surface area contributed by atoms with E-state index in [0.29, 0.717) is 32.0 Å². The Bertz CT molecular complexity index is 1210. The molecular formula is C28H39N7O7. The standard InChI is InChI=1S/C28H39N7O7/c36-24-17-34(9-8-29-19-6-10-41-11-7-19)25(37)13-22-26(38)27(39)23(42-22)14-30-28(40)21(31-24)12-20-16-35(33-32-20)15-18-4-2-1-3-5-18/h1-5,16,19,21-23,26-27,29,38-39H,6-15,17H2,(H,30,40)(H,31,36)/t21-,22+,23-,26?,27?/m1/s1. The Kier molecular flexibility index (Phi) is 10.1. The van der Waals surface area contributed by atoms with E-state index in [9.17, 15) is 24.6 Å². The fraction of sp³-hybridized carbons (Fsp3) is 0.607. The summed E-state index contributed by atoms with van der Waals surface area (Å²) in [5.41, 5.74) is 1.53. The minimum Gasteiger partial charge on any atom is -0.388 e. The van der Waals surface area contributed by atoms with Gasteiger partial charge < -0.3 is 40.5 Å². The largest absolute Gasteiger partial charge is 0.388 e. The van der Waals surface area contributed by atoms with E-state index in [4.69, 9.17) is 9.47 Å². The summed E-state index contributed by atoms with van der Waals surface area (Å²) in [7, 11) is 0. The van der Waals surface area contributed by atoms with Gasteiger partial charge in [0.1, 0.15) is 24.4 Å². The molecule has 3 aliphatic heterocycles. The summed E-state index contributed by atoms with van der Waals surface area (Å²) >= 11 is 0. The lowest BCUT2D eigenvalue weighted by molar-refractivity contribution is -0.139. The van der Waals surface area contributed by atoms with E-state index < -0.39 is 48.2 Å². The highest BCUT2D eigenvalue weighted by atomic mass is 16.5. The van der Waals surface area contributed by atoms with Crippen molar-refractivity contribution in [2.75, 3.05) is 39.4 Å². The van der Waals surface area contributed by atoms with Crippen LogP contribution in [0.5, 0.6) is 0 Å². The van der Waals surface area contributed by atoms with Gasteiger partial charge in [0.15, 0.2) is 0 Å². The van der Waals surface area contributed by atoms with Crippen LogP contribution < -0.4 is 16.0 Å². The molecule has 2 unspecified atom stereocenters. The minimum absolute atomic E-state index is 0.0605. The van der Waals surface area contributed by atoms with Crippen LogP contribution in [0, 0.1) is 0 Å². The first-order valence-electron chi connectivity index (χ1n) is 14.5. The smallest absolute Gasteiger partial charge is 0.243 e. The highest BCUT2D eigenvalue weighted by molar-refractivity contribution is 5.90. The third kappa shape index (κ3) is 7.89. The van der Waals surface area contributed by atoms with Gasteiger partial charge in [-0.2, -0.15) is 0 Å². The minimum atomic E-state index is -1.30. The molecule has 0 radical (unpaired) electrons. The lowest BCUT2D eigenvalue weighted by atomic mass is 10.0. The first-order chi connectivity index (χ1) is 20.4. The van der Waals surface area contributed by atoms with Crippen LogP contribution in [0.25, 0.3) is 0 Å². The molecule has 0 aliphatic carbocycles. The number of nitrogens with one attached hydrogen (secondary N) is 3. The van der Waals surface area contributed by atoms with Gasteiger partial charge in [-0.1, -0.05) is 35.5 Å². The van der Waals surface area contributed by atoms with E-state index in [1.54, 1.807) is 10.9 Å². The molecule has 1 aromatic heterocycles. The highest BCUT2D eigenvalue weighted by Crippen LogP contribution is 2.24. The number of amides is 3. The summed E-state index contributed by atoms with van der Waals surface area (Å²) in [6, 6.07) is 8.98. The molecule has 5 atom stereocenters. The van der Waals surface area contributed by atoms with Crippen LogP contribution in [0.4, 0.5) is 0 Å². The first-order valence-corrected chi connectivity index (χ1v) is 14.5. The molecule has 3 saturated heterocycles. The fourth-order valence-corrected chi connectivity index (χ4v) is 5.50. The maximum absolute atomic E-state index is 13.3. The molecule has 3 fully saturated rings. The van der Waals surface area contributed by atoms with E-state index in [1.165, 1.54) is 4.90 Å². The lowest BCUT2D eigenvalue weighted by Crippen LogP contribution is -2.53. The SMILES string of the molecule is O=C1CN(CCNC2CCOCC2)C(=O)C[C@@H]2O[C@H](CNC(=O)[C@@H](Cc3cn(Cc4ccccc4)nn3)N1)C(O)C2O. The summed E-state index contributed by atoms with van der Waals surface area (Å²) in [5, 5.41) is 38.3. The molecule has 0 spiro atoms. The van der Waals surface area contributed by atoms with Crippen molar-refractivity contribution in [3.8, 4) is 0 Å². The molecule has 2 aromatic rings. The Hall–Kier alpha value is -3.43. The van der Waals surface area contributed by atoms with Gasteiger partial charge in [-0.25, -0.2) is 4.68 Å². The molecule has 0 saturated carbocycles. The van der Waals surface area contributed by atoms with Crippen molar-refractivity contribution < 1.29 is 34.1 Å². The quantitative estimate of drug-likeness (QED) is 0.232. The number of aliphatic hydroxyl groups is 2. The summed E-state index contributed by atoms with van der Waals surface area (Å²) < 4.78 is 12.8. The van der Waals surface area contributed by atoms with Gasteiger partial charge in [0.2, 0.25) is 17.7 Å². The maximum Gasteiger partial charge on any atom is 0.243 e. The van der Waals surface area contributed by atoms with Crippen molar-refractivity contribution in [3.05, 3.63) is 47.8 Å². The van der Waals surface area contributed by atoms with E-state index in [0.717, 1.165) is 18.4 Å². The zero-order chi connectivity index (χ0) is 29.5. The average Bonchev–Trinajstić information content (AvgIpc) is 3.54. The molecule has 14 nitrogen and oxygen atoms in total. The molecule has 3 amide bonds. The molecule has 5 N–H and O–H groups in total. The van der Waals surface area contributed by atoms with Crippen LogP contribution in [0.2, 0.25) is 0 Å². The molecule has 42 heavy (non-hydrogen) atoms. The van der Waals surface area contributed by atoms with Crippen LogP contribution in [0.15, 0.2) is 36.5 Å². The topological polar surface area (TPSA) is 180 Å². The molecule has 14 heteroatoms. The number of rotatable bonds is 8. The molecule has 3 aliphatic rings. The third-order valence-corrected chi connectivity index (χ3v) is 7.88. The molecule has 228 valence electrons. The van der Waals surface area contributed by atoms with Gasteiger partial charge in [-0.15, -0.1) is 5.10 Å². The van der Waals surface area contributed by atoms with Crippen LogP contribution in [0.3, 0.4) is 0 Å². The van der Waals surface area contributed by atoms with E-state index in [1.807, 2.05) is 30.3 Å². The molecular weight excluding hydrogens is 546 g/mol. The Morgan fingerprint density at radius 2 is 1.81 bits per heavy atom. The number of carbonyl (C=O) groups excluding carboxylic acids is 3. The summed E-state index contributed by atoms with van der Waals surface area (Å²) in [6.45, 7) is 2.15. The molecule has 2 bridgehead atoms. The van der Waals surface area contributed by atoms with Gasteiger partial charge in [0, 0.05) is 51.5 Å². The molecule has 4 heterocycles. The number of fused-ring (bicyclic) bond motifs is 2. The number of ether oxygens (including phenoxy) is 2. The van der Waals surface area contributed by atoms with Gasteiger partial charge in [-0.3, -0.25) is 14.4 Å². The normalized spacial score (nSPS) is 28.0. The van der Waals surface area contributed by atoms with Crippen molar-refractivity contribution in [3.63, 3.8) is 0 Å². The van der Waals surface area contributed by atoms with Gasteiger partial charge in [0.05, 0.1) is 31.3 Å². The second kappa shape index (κ2) is 14.2. The Labute approximate surface area is 243 Å². The van der Waals surface area contributed by atoms with Crippen molar-refractivity contribution >= 4 is 17.7 Å². The van der Waals surface area contributed by atoms with Crippen molar-refractivity contribution in [2.45, 2.75) is 68.7 Å². The van der Waals surface area contributed by atoms with Crippen LogP contribution in [-0.4, -0.2) is 124 Å². The predicted octanol–water partition coefficient (Wildman–Crippen LogP) is -2.04. The summed E-state index contributed by atoms with van der Waals surface area (Å²) in [4.78, 5) is 41.1. The van der Waals surface area contributed by atoms with Crippen LogP contribution in [0.1, 0.15) is 30.5 Å². The maximum atomic E-state index is 13.3. The van der Waals surface area contributed by atoms with Crippen molar-refractivity contribution in [1.82, 2.24) is 35.8 Å². The number of carbonyl (C=O) groups is 3. The van der Waals surface area contributed by atoms with E-state index >= 15 is 0 Å². The summed E-state index contributed by atoms with van der Waals surface area (Å²) in [6.07, 6.45) is -1.15. The summed E-state index contributed by atoms with van der Waals surface area (Å²) in [5.74, 6) is -1.40. The second-order valence-electron chi connectivity index (χ2n) is 11.0. The van der Waals surface area contributed by atoms with E-state index in [2.05, 4.69) is 26.3 Å². The van der Waals surface area contributed by atoms with Crippen molar-refractivity contribution in [2.24, 2.45) is 0 Å². The number of aliphatic hydroxyl groups excluding tert-OH is 2.